The third-order valence-corrected chi connectivity index (χ3v) is 8.11. The molecule has 186 valence electrons. The summed E-state index contributed by atoms with van der Waals surface area (Å²) in [6, 6.07) is 8.11. The monoisotopic (exact) mass is 499 g/mol. The van der Waals surface area contributed by atoms with Gasteiger partial charge in [-0.3, -0.25) is 4.67 Å². The van der Waals surface area contributed by atoms with Crippen molar-refractivity contribution in [3.8, 4) is 0 Å². The van der Waals surface area contributed by atoms with Gasteiger partial charge in [-0.2, -0.15) is 0 Å². The normalized spacial score (nSPS) is 19.4. The number of esters is 4. The molecule has 0 amide bonds. The number of methoxy groups -OCH3 is 5. The van der Waals surface area contributed by atoms with Crippen LogP contribution in [-0.2, 0) is 51.9 Å². The van der Waals surface area contributed by atoms with Gasteiger partial charge in [-0.05, 0) is 12.1 Å². The van der Waals surface area contributed by atoms with Gasteiger partial charge in [-0.1, -0.05) is 18.2 Å². The number of rotatable bonds is 8. The third-order valence-electron chi connectivity index (χ3n) is 5.10. The lowest BCUT2D eigenvalue weighted by molar-refractivity contribution is -0.159. The van der Waals surface area contributed by atoms with E-state index < -0.39 is 53.5 Å². The predicted molar refractivity (Wildman–Crippen MR) is 120 cm³/mol. The summed E-state index contributed by atoms with van der Waals surface area (Å²) in [5.41, 5.74) is -3.59. The molecule has 0 saturated heterocycles. The van der Waals surface area contributed by atoms with Gasteiger partial charge in [0.15, 0.2) is 5.29 Å². The lowest BCUT2D eigenvalue weighted by Gasteiger charge is -2.47. The Bertz CT molecular complexity index is 1060. The van der Waals surface area contributed by atoms with Crippen LogP contribution in [0.25, 0.3) is 0 Å². The molecule has 12 nitrogen and oxygen atoms in total. The molecule has 2 rings (SSSR count). The maximum Gasteiger partial charge on any atom is 0.355 e. The Kier molecular flexibility index (Phi) is 8.62. The first-order valence-corrected chi connectivity index (χ1v) is 11.2. The van der Waals surface area contributed by atoms with Gasteiger partial charge in [0.25, 0.3) is 0 Å². The fourth-order valence-corrected chi connectivity index (χ4v) is 6.64. The fourth-order valence-electron chi connectivity index (χ4n) is 3.70. The molecule has 1 aromatic carbocycles. The van der Waals surface area contributed by atoms with Gasteiger partial charge in [0, 0.05) is 27.0 Å². The summed E-state index contributed by atoms with van der Waals surface area (Å²) < 4.78 is 38.0. The number of benzene rings is 1. The number of hydrogen-bond donors (Lipinski definition) is 0. The number of ether oxygens (including phenoxy) is 5. The molecule has 0 aliphatic carbocycles. The van der Waals surface area contributed by atoms with Crippen LogP contribution in [-0.4, -0.2) is 84.5 Å². The van der Waals surface area contributed by atoms with Crippen LogP contribution in [0.2, 0.25) is 0 Å². The molecular formula is C21H26NO11P. The van der Waals surface area contributed by atoms with Crippen molar-refractivity contribution in [3.05, 3.63) is 41.6 Å². The average Bonchev–Trinajstić information content (AvgIpc) is 2.89. The van der Waals surface area contributed by atoms with E-state index in [1.54, 1.807) is 30.3 Å². The molecule has 0 fully saturated rings. The number of anilines is 1. The quantitative estimate of drug-likeness (QED) is 0.287. The summed E-state index contributed by atoms with van der Waals surface area (Å²) in [6.45, 7) is 0. The number of carbonyl (C=O) groups is 4. The van der Waals surface area contributed by atoms with E-state index in [-0.39, 0.29) is 5.69 Å². The van der Waals surface area contributed by atoms with E-state index in [0.29, 0.717) is 0 Å². The zero-order valence-corrected chi connectivity index (χ0v) is 20.7. The van der Waals surface area contributed by atoms with Gasteiger partial charge in [-0.25, -0.2) is 19.2 Å². The molecule has 0 spiro atoms. The highest BCUT2D eigenvalue weighted by Crippen LogP contribution is 2.63. The number of para-hydroxylation sites is 1. The van der Waals surface area contributed by atoms with Crippen LogP contribution in [0, 0.1) is 0 Å². The Balaban J connectivity index is 3.37. The highest BCUT2D eigenvalue weighted by atomic mass is 31.2. The van der Waals surface area contributed by atoms with Gasteiger partial charge in [0.05, 0.1) is 28.4 Å². The fraction of sp³-hybridized carbons (Fsp3) is 0.381. The minimum atomic E-state index is -4.00. The van der Waals surface area contributed by atoms with Crippen LogP contribution < -0.4 is 4.67 Å². The molecule has 1 heterocycles. The number of nitrogens with zero attached hydrogens (tertiary/aromatic N) is 1. The molecule has 1 unspecified atom stereocenters. The van der Waals surface area contributed by atoms with E-state index in [4.69, 9.17) is 32.7 Å². The molecule has 0 saturated carbocycles. The van der Waals surface area contributed by atoms with Crippen LogP contribution in [0.1, 0.15) is 0 Å². The zero-order valence-electron chi connectivity index (χ0n) is 19.8. The summed E-state index contributed by atoms with van der Waals surface area (Å²) in [7, 11) is 3.59. The van der Waals surface area contributed by atoms with E-state index in [9.17, 15) is 19.2 Å². The standard InChI is InChI=1S/C21H26NO11P/c1-27-17(23)14-15(18(24)28-2)22(13-11-9-8-10-12-13)34(32-6,33-7)16(19(25)29-3)21(14,31-5)20(26)30-4/h8-12H,1-7H3. The van der Waals surface area contributed by atoms with E-state index in [2.05, 4.69) is 0 Å². The first-order valence-electron chi connectivity index (χ1n) is 9.59. The Morgan fingerprint density at radius 2 is 1.26 bits per heavy atom. The Morgan fingerprint density at radius 1 is 0.735 bits per heavy atom. The molecular weight excluding hydrogens is 473 g/mol. The highest BCUT2D eigenvalue weighted by Gasteiger charge is 2.65. The van der Waals surface area contributed by atoms with E-state index in [0.717, 1.165) is 35.5 Å². The van der Waals surface area contributed by atoms with Gasteiger partial charge in [-0.15, -0.1) is 0 Å². The van der Waals surface area contributed by atoms with E-state index in [1.165, 1.54) is 18.9 Å². The SMILES string of the molecule is COC(=O)C1=C(C(=O)OC)C(OC)(C(=O)OC)C(C(=O)OC)=P(OC)(OC)N1c1ccccc1. The molecule has 1 aliphatic heterocycles. The van der Waals surface area contributed by atoms with Crippen LogP contribution >= 0.6 is 7.49 Å². The molecule has 0 aromatic heterocycles. The average molecular weight is 499 g/mol. The Hall–Kier alpha value is -3.18. The molecule has 1 atom stereocenters. The third kappa shape index (κ3) is 3.88. The molecule has 0 bridgehead atoms. The highest BCUT2D eigenvalue weighted by molar-refractivity contribution is 7.71. The Labute approximate surface area is 196 Å². The molecule has 1 aliphatic rings. The largest absolute Gasteiger partial charge is 0.466 e. The van der Waals surface area contributed by atoms with Crippen molar-refractivity contribution in [2.24, 2.45) is 0 Å². The van der Waals surface area contributed by atoms with Crippen molar-refractivity contribution in [2.75, 3.05) is 54.4 Å². The smallest absolute Gasteiger partial charge is 0.355 e. The zero-order chi connectivity index (χ0) is 25.7. The van der Waals surface area contributed by atoms with Crippen LogP contribution in [0.5, 0.6) is 0 Å². The van der Waals surface area contributed by atoms with Crippen molar-refractivity contribution < 1.29 is 51.9 Å². The molecule has 0 N–H and O–H groups in total. The van der Waals surface area contributed by atoms with Crippen molar-refractivity contribution in [1.29, 1.82) is 0 Å². The first-order chi connectivity index (χ1) is 16.2. The van der Waals surface area contributed by atoms with Crippen molar-refractivity contribution in [1.82, 2.24) is 0 Å². The van der Waals surface area contributed by atoms with Gasteiger partial charge < -0.3 is 32.7 Å². The lowest BCUT2D eigenvalue weighted by atomic mass is 9.87. The van der Waals surface area contributed by atoms with Gasteiger partial charge in [0.2, 0.25) is 13.1 Å². The topological polar surface area (TPSA) is 136 Å². The van der Waals surface area contributed by atoms with E-state index >= 15 is 0 Å². The molecule has 13 heteroatoms. The van der Waals surface area contributed by atoms with Crippen LogP contribution in [0.4, 0.5) is 5.69 Å². The van der Waals surface area contributed by atoms with E-state index in [1.807, 2.05) is 0 Å². The summed E-state index contributed by atoms with van der Waals surface area (Å²) in [5.74, 6) is -4.60. The maximum absolute atomic E-state index is 13.3. The molecule has 1 aromatic rings. The second-order valence-corrected chi connectivity index (χ2v) is 9.08. The van der Waals surface area contributed by atoms with Crippen LogP contribution in [0.3, 0.4) is 0 Å². The molecule has 34 heavy (non-hydrogen) atoms. The van der Waals surface area contributed by atoms with Crippen molar-refractivity contribution in [3.63, 3.8) is 0 Å². The van der Waals surface area contributed by atoms with Crippen molar-refractivity contribution in [2.45, 2.75) is 5.60 Å². The first kappa shape index (κ1) is 27.1. The van der Waals surface area contributed by atoms with Gasteiger partial charge in [0.1, 0.15) is 11.3 Å². The minimum Gasteiger partial charge on any atom is -0.466 e. The van der Waals surface area contributed by atoms with Crippen LogP contribution in [0.15, 0.2) is 41.6 Å². The van der Waals surface area contributed by atoms with Crippen molar-refractivity contribution >= 4 is 42.3 Å². The maximum atomic E-state index is 13.3. The minimum absolute atomic E-state index is 0.261. The Morgan fingerprint density at radius 3 is 1.68 bits per heavy atom. The number of carbonyl (C=O) groups excluding carboxylic acids is 4. The summed E-state index contributed by atoms with van der Waals surface area (Å²) in [5, 5.41) is -0.557. The summed E-state index contributed by atoms with van der Waals surface area (Å²) in [4.78, 5) is 53.0. The second kappa shape index (κ2) is 10.8. The lowest BCUT2D eigenvalue weighted by Crippen LogP contribution is -2.61. The summed E-state index contributed by atoms with van der Waals surface area (Å²) >= 11 is 0. The summed E-state index contributed by atoms with van der Waals surface area (Å²) in [6.07, 6.45) is 0. The second-order valence-electron chi connectivity index (χ2n) is 6.46. The predicted octanol–water partition coefficient (Wildman–Crippen LogP) is 1.07. The van der Waals surface area contributed by atoms with Gasteiger partial charge >= 0.3 is 23.9 Å². The molecule has 0 radical (unpaired) electrons. The number of hydrogen-bond acceptors (Lipinski definition) is 12.